The van der Waals surface area contributed by atoms with Crippen LogP contribution in [0.4, 0.5) is 0 Å². The van der Waals surface area contributed by atoms with Crippen LogP contribution in [0.3, 0.4) is 0 Å². The van der Waals surface area contributed by atoms with Crippen molar-refractivity contribution in [3.63, 3.8) is 0 Å². The quantitative estimate of drug-likeness (QED) is 0.108. The third-order valence-electron chi connectivity index (χ3n) is 12.0. The van der Waals surface area contributed by atoms with Crippen molar-refractivity contribution in [3.05, 3.63) is 258 Å². The Kier molecular flexibility index (Phi) is 15.9. The molecule has 2 unspecified atom stereocenters. The van der Waals surface area contributed by atoms with Crippen molar-refractivity contribution in [2.24, 2.45) is 5.92 Å². The highest BCUT2D eigenvalue weighted by Crippen LogP contribution is 2.49. The minimum atomic E-state index is 0.152. The molecular weight excluding hydrogens is 817 g/mol. The molecule has 0 saturated heterocycles. The van der Waals surface area contributed by atoms with Gasteiger partial charge in [0.05, 0.1) is 6.42 Å². The van der Waals surface area contributed by atoms with Crippen LogP contribution in [0.2, 0.25) is 0 Å². The number of Topliss-reactive ketones (excluding diaryl/α,β-unsaturated/α-hetero) is 3. The summed E-state index contributed by atoms with van der Waals surface area (Å²) in [6.07, 6.45) is 8.07. The number of carbonyl (C=O) groups excluding carboxylic acids is 3. The Hall–Kier alpha value is -7.93. The first kappa shape index (κ1) is 45.6. The molecule has 1 saturated carbocycles. The molecule has 328 valence electrons. The Balaban J connectivity index is 0.000000136. The summed E-state index contributed by atoms with van der Waals surface area (Å²) < 4.78 is 0. The zero-order chi connectivity index (χ0) is 46.0. The molecule has 9 aromatic carbocycles. The van der Waals surface area contributed by atoms with E-state index in [1.165, 1.54) is 37.9 Å². The molecule has 0 heterocycles. The number of allylic oxidation sites excluding steroid dienone is 1. The van der Waals surface area contributed by atoms with Gasteiger partial charge < -0.3 is 0 Å². The summed E-state index contributed by atoms with van der Waals surface area (Å²) in [5, 5.41) is 7.21. The second kappa shape index (κ2) is 23.3. The predicted molar refractivity (Wildman–Crippen MR) is 278 cm³/mol. The van der Waals surface area contributed by atoms with Gasteiger partial charge in [-0.25, -0.2) is 0 Å². The van der Waals surface area contributed by atoms with Gasteiger partial charge in [-0.05, 0) is 90.5 Å². The van der Waals surface area contributed by atoms with Crippen molar-refractivity contribution in [1.29, 1.82) is 0 Å². The Morgan fingerprint density at radius 3 is 1.40 bits per heavy atom. The lowest BCUT2D eigenvalue weighted by Gasteiger charge is -2.04. The summed E-state index contributed by atoms with van der Waals surface area (Å²) in [4.78, 5) is 36.5. The number of benzene rings is 9. The number of carbonyl (C=O) groups is 3. The lowest BCUT2D eigenvalue weighted by atomic mass is 10.00. The van der Waals surface area contributed by atoms with Crippen LogP contribution in [0.25, 0.3) is 38.4 Å². The Labute approximate surface area is 394 Å². The lowest BCUT2D eigenvalue weighted by molar-refractivity contribution is -0.119. The first-order valence-electron chi connectivity index (χ1n) is 23.2. The van der Waals surface area contributed by atoms with E-state index in [1.54, 1.807) is 0 Å². The molecule has 67 heavy (non-hydrogen) atoms. The highest BCUT2D eigenvalue weighted by molar-refractivity contribution is 5.89. The van der Waals surface area contributed by atoms with E-state index >= 15 is 0 Å². The second-order valence-corrected chi connectivity index (χ2v) is 17.3. The summed E-state index contributed by atoms with van der Waals surface area (Å²) in [7, 11) is 0. The zero-order valence-electron chi connectivity index (χ0n) is 37.8. The van der Waals surface area contributed by atoms with E-state index < -0.39 is 0 Å². The fourth-order valence-corrected chi connectivity index (χ4v) is 8.47. The predicted octanol–water partition coefficient (Wildman–Crippen LogP) is 14.6. The average molecular weight is 871 g/mol. The van der Waals surface area contributed by atoms with E-state index in [0.29, 0.717) is 56.1 Å². The molecule has 0 aliphatic heterocycles. The topological polar surface area (TPSA) is 51.2 Å². The van der Waals surface area contributed by atoms with Crippen molar-refractivity contribution in [2.75, 3.05) is 0 Å². The van der Waals surface area contributed by atoms with Gasteiger partial charge in [0, 0.05) is 37.7 Å². The van der Waals surface area contributed by atoms with E-state index in [9.17, 15) is 14.4 Å². The monoisotopic (exact) mass is 870 g/mol. The van der Waals surface area contributed by atoms with Crippen molar-refractivity contribution in [1.82, 2.24) is 0 Å². The van der Waals surface area contributed by atoms with Crippen LogP contribution >= 0.6 is 0 Å². The molecule has 0 spiro atoms. The highest BCUT2D eigenvalue weighted by Gasteiger charge is 2.39. The molecule has 9 aromatic rings. The summed E-state index contributed by atoms with van der Waals surface area (Å²) in [5.41, 5.74) is 6.71. The standard InChI is InChI=1S/C22H20O.C21H18O.C21H16O/c23-21(14-20-15-22(20)18-7-2-1-3-8-18)13-16-10-11-17-6-4-5-9-19(17)12-16;2*22-21(12-6-9-17-7-2-1-3-8-17)16-18-13-14-19-10-4-5-11-20(19)15-18/h1-12,20,22H,13-15H2;1-11,13-15H,12,16H2;1-5,7-8,10-11,13-15H,12,16H2/b;9-6+;. The van der Waals surface area contributed by atoms with Gasteiger partial charge in [0.15, 0.2) is 0 Å². The van der Waals surface area contributed by atoms with Crippen LogP contribution in [0.15, 0.2) is 224 Å². The molecule has 10 rings (SSSR count). The molecule has 0 amide bonds. The van der Waals surface area contributed by atoms with E-state index in [1.807, 2.05) is 127 Å². The van der Waals surface area contributed by atoms with Gasteiger partial charge in [-0.15, -0.1) is 0 Å². The molecule has 0 N–H and O–H groups in total. The first-order valence-corrected chi connectivity index (χ1v) is 23.2. The van der Waals surface area contributed by atoms with Crippen LogP contribution in [-0.2, 0) is 33.6 Å². The zero-order valence-corrected chi connectivity index (χ0v) is 37.8. The molecule has 0 aromatic heterocycles. The summed E-state index contributed by atoms with van der Waals surface area (Å²) in [6, 6.07) is 73.8. The highest BCUT2D eigenvalue weighted by atomic mass is 16.1. The number of hydrogen-bond donors (Lipinski definition) is 0. The molecule has 1 aliphatic carbocycles. The number of fused-ring (bicyclic) bond motifs is 3. The smallest absolute Gasteiger partial charge is 0.149 e. The molecule has 2 atom stereocenters. The van der Waals surface area contributed by atoms with E-state index in [0.717, 1.165) is 34.2 Å². The van der Waals surface area contributed by atoms with E-state index in [4.69, 9.17) is 0 Å². The molecule has 3 nitrogen and oxygen atoms in total. The maximum Gasteiger partial charge on any atom is 0.149 e. The maximum absolute atomic E-state index is 12.4. The van der Waals surface area contributed by atoms with E-state index in [-0.39, 0.29) is 11.6 Å². The third-order valence-corrected chi connectivity index (χ3v) is 12.0. The molecule has 1 fully saturated rings. The van der Waals surface area contributed by atoms with Crippen LogP contribution in [0.1, 0.15) is 65.0 Å². The van der Waals surface area contributed by atoms with Gasteiger partial charge >= 0.3 is 0 Å². The van der Waals surface area contributed by atoms with Crippen molar-refractivity contribution < 1.29 is 14.4 Å². The second-order valence-electron chi connectivity index (χ2n) is 17.3. The number of rotatable bonds is 13. The van der Waals surface area contributed by atoms with E-state index in [2.05, 4.69) is 115 Å². The largest absolute Gasteiger partial charge is 0.299 e. The maximum atomic E-state index is 12.4. The van der Waals surface area contributed by atoms with Crippen molar-refractivity contribution in [2.45, 2.75) is 50.9 Å². The van der Waals surface area contributed by atoms with Crippen LogP contribution in [-0.4, -0.2) is 17.3 Å². The van der Waals surface area contributed by atoms with Gasteiger partial charge in [0.25, 0.3) is 0 Å². The minimum Gasteiger partial charge on any atom is -0.299 e. The normalized spacial score (nSPS) is 13.7. The van der Waals surface area contributed by atoms with Crippen molar-refractivity contribution in [3.8, 4) is 11.8 Å². The Morgan fingerprint density at radius 1 is 0.448 bits per heavy atom. The van der Waals surface area contributed by atoms with Gasteiger partial charge in [-0.3, -0.25) is 14.4 Å². The Morgan fingerprint density at radius 2 is 0.881 bits per heavy atom. The van der Waals surface area contributed by atoms with Gasteiger partial charge in [-0.2, -0.15) is 0 Å². The molecule has 0 bridgehead atoms. The number of hydrogen-bond acceptors (Lipinski definition) is 3. The summed E-state index contributed by atoms with van der Waals surface area (Å²) in [6.45, 7) is 0. The summed E-state index contributed by atoms with van der Waals surface area (Å²) in [5.74, 6) is 7.87. The first-order chi connectivity index (χ1) is 32.9. The summed E-state index contributed by atoms with van der Waals surface area (Å²) >= 11 is 0. The molecule has 1 aliphatic rings. The van der Waals surface area contributed by atoms with Gasteiger partial charge in [0.1, 0.15) is 17.3 Å². The minimum absolute atomic E-state index is 0.152. The molecule has 3 heteroatoms. The fraction of sp³-hybridized carbons (Fsp3) is 0.141. The molecule has 0 radical (unpaired) electrons. The van der Waals surface area contributed by atoms with Crippen molar-refractivity contribution >= 4 is 55.7 Å². The lowest BCUT2D eigenvalue weighted by Crippen LogP contribution is -2.04. The molecular formula is C64H54O3. The fourth-order valence-electron chi connectivity index (χ4n) is 8.47. The third kappa shape index (κ3) is 14.0. The average Bonchev–Trinajstić information content (AvgIpc) is 4.14. The Bertz CT molecular complexity index is 3170. The van der Waals surface area contributed by atoms with Gasteiger partial charge in [-0.1, -0.05) is 230 Å². The van der Waals surface area contributed by atoms with Crippen LogP contribution < -0.4 is 0 Å². The van der Waals surface area contributed by atoms with Crippen LogP contribution in [0.5, 0.6) is 0 Å². The SMILES string of the molecule is O=C(C/C=C/c1ccccc1)Cc1ccc2ccccc2c1.O=C(CC#Cc1ccccc1)Cc1ccc2ccccc2c1.O=C(Cc1ccc2ccccc2c1)CC1CC1c1ccccc1. The van der Waals surface area contributed by atoms with Gasteiger partial charge in [0.2, 0.25) is 0 Å². The number of ketones is 3. The van der Waals surface area contributed by atoms with Crippen LogP contribution in [0, 0.1) is 17.8 Å².